The van der Waals surface area contributed by atoms with Gasteiger partial charge in [0.25, 0.3) is 5.91 Å². The van der Waals surface area contributed by atoms with Crippen molar-refractivity contribution in [3.63, 3.8) is 0 Å². The van der Waals surface area contributed by atoms with Crippen LogP contribution in [0.3, 0.4) is 0 Å². The van der Waals surface area contributed by atoms with Crippen LogP contribution in [-0.2, 0) is 11.3 Å². The molecule has 7 nitrogen and oxygen atoms in total. The van der Waals surface area contributed by atoms with Crippen molar-refractivity contribution >= 4 is 39.1 Å². The smallest absolute Gasteiger partial charge is 0.279 e. The lowest BCUT2D eigenvalue weighted by Gasteiger charge is -2.18. The number of carbonyl (C=O) groups is 2. The number of amides is 2. The molecule has 0 radical (unpaired) electrons. The van der Waals surface area contributed by atoms with E-state index in [-0.39, 0.29) is 11.8 Å². The molecular formula is C20H19N3O4S. The summed E-state index contributed by atoms with van der Waals surface area (Å²) < 4.78 is 14.0. The molecule has 1 aliphatic heterocycles. The number of nitrogens with one attached hydrogen (secondary N) is 1. The number of carbonyl (C=O) groups excluding carboxylic acids is 2. The van der Waals surface area contributed by atoms with E-state index in [0.29, 0.717) is 47.3 Å². The van der Waals surface area contributed by atoms with Crippen LogP contribution < -0.4 is 19.6 Å². The maximum Gasteiger partial charge on any atom is 0.279 e. The van der Waals surface area contributed by atoms with E-state index >= 15 is 0 Å². The zero-order valence-corrected chi connectivity index (χ0v) is 16.3. The van der Waals surface area contributed by atoms with Gasteiger partial charge in [-0.1, -0.05) is 11.3 Å². The van der Waals surface area contributed by atoms with Crippen LogP contribution in [0.5, 0.6) is 11.5 Å². The third kappa shape index (κ3) is 3.50. The summed E-state index contributed by atoms with van der Waals surface area (Å²) in [4.78, 5) is 29.0. The van der Waals surface area contributed by atoms with Crippen LogP contribution in [0.15, 0.2) is 41.4 Å². The quantitative estimate of drug-likeness (QED) is 0.736. The highest BCUT2D eigenvalue weighted by atomic mass is 32.1. The number of benzene rings is 2. The Bertz CT molecular complexity index is 1150. The summed E-state index contributed by atoms with van der Waals surface area (Å²) in [5, 5.41) is 2.77. The molecule has 0 aliphatic carbocycles. The average molecular weight is 397 g/mol. The Balaban J connectivity index is 1.73. The van der Waals surface area contributed by atoms with E-state index < -0.39 is 0 Å². The zero-order valence-electron chi connectivity index (χ0n) is 15.5. The summed E-state index contributed by atoms with van der Waals surface area (Å²) in [6.45, 7) is 5.11. The summed E-state index contributed by atoms with van der Waals surface area (Å²) >= 11 is 1.41. The molecule has 0 atom stereocenters. The van der Waals surface area contributed by atoms with Crippen molar-refractivity contribution < 1.29 is 19.1 Å². The summed E-state index contributed by atoms with van der Waals surface area (Å²) in [7, 11) is 0. The molecule has 144 valence electrons. The van der Waals surface area contributed by atoms with Gasteiger partial charge >= 0.3 is 0 Å². The molecule has 4 rings (SSSR count). The lowest BCUT2D eigenvalue weighted by atomic mass is 10.2. The van der Waals surface area contributed by atoms with Gasteiger partial charge in [-0.3, -0.25) is 9.59 Å². The maximum atomic E-state index is 12.7. The number of hydrogen-bond acceptors (Lipinski definition) is 5. The Labute approximate surface area is 165 Å². The van der Waals surface area contributed by atoms with E-state index in [1.807, 2.05) is 29.7 Å². The molecule has 1 aliphatic rings. The van der Waals surface area contributed by atoms with Crippen molar-refractivity contribution in [1.29, 1.82) is 0 Å². The number of ether oxygens (including phenoxy) is 2. The third-order valence-electron chi connectivity index (χ3n) is 4.31. The van der Waals surface area contributed by atoms with E-state index in [1.165, 1.54) is 18.3 Å². The average Bonchev–Trinajstić information content (AvgIpc) is 3.03. The van der Waals surface area contributed by atoms with Gasteiger partial charge in [-0.15, -0.1) is 0 Å². The molecule has 3 aromatic rings. The standard InChI is InChI=1S/C20H19N3O4S/c1-3-23-15-6-5-14(21-12(2)24)11-18(15)28-20(23)22-19(25)13-4-7-16-17(10-13)27-9-8-26-16/h4-7,10-11H,3,8-9H2,1-2H3,(H,21,24). The number of aromatic nitrogens is 1. The van der Waals surface area contributed by atoms with Gasteiger partial charge < -0.3 is 19.4 Å². The molecule has 0 saturated carbocycles. The van der Waals surface area contributed by atoms with Crippen LogP contribution in [0.2, 0.25) is 0 Å². The second kappa shape index (κ2) is 7.47. The fraction of sp³-hybridized carbons (Fsp3) is 0.250. The third-order valence-corrected chi connectivity index (χ3v) is 5.35. The Hall–Kier alpha value is -3.13. The van der Waals surface area contributed by atoms with Gasteiger partial charge in [0, 0.05) is 24.7 Å². The molecule has 0 saturated heterocycles. The van der Waals surface area contributed by atoms with E-state index in [9.17, 15) is 9.59 Å². The van der Waals surface area contributed by atoms with Crippen molar-refractivity contribution in [2.24, 2.45) is 4.99 Å². The predicted molar refractivity (Wildman–Crippen MR) is 107 cm³/mol. The van der Waals surface area contributed by atoms with E-state index in [2.05, 4.69) is 10.3 Å². The van der Waals surface area contributed by atoms with Gasteiger partial charge in [-0.2, -0.15) is 4.99 Å². The molecule has 2 amide bonds. The number of thiazole rings is 1. The molecule has 1 aromatic heterocycles. The van der Waals surface area contributed by atoms with Crippen molar-refractivity contribution in [3.8, 4) is 11.5 Å². The fourth-order valence-electron chi connectivity index (χ4n) is 3.07. The largest absolute Gasteiger partial charge is 0.486 e. The SMILES string of the molecule is CCn1c(=NC(=O)c2ccc3c(c2)OCCO3)sc2cc(NC(C)=O)ccc21. The Morgan fingerprint density at radius 3 is 2.68 bits per heavy atom. The van der Waals surface area contributed by atoms with Gasteiger partial charge in [0.1, 0.15) is 13.2 Å². The van der Waals surface area contributed by atoms with Gasteiger partial charge in [0.2, 0.25) is 5.91 Å². The number of aryl methyl sites for hydroxylation is 1. The summed E-state index contributed by atoms with van der Waals surface area (Å²) in [6.07, 6.45) is 0. The second-order valence-corrected chi connectivity index (χ2v) is 7.28. The van der Waals surface area contributed by atoms with Crippen LogP contribution in [0, 0.1) is 0 Å². The van der Waals surface area contributed by atoms with E-state index in [4.69, 9.17) is 9.47 Å². The van der Waals surface area contributed by atoms with Gasteiger partial charge in [0.05, 0.1) is 10.2 Å². The van der Waals surface area contributed by atoms with Gasteiger partial charge in [-0.05, 0) is 43.3 Å². The second-order valence-electron chi connectivity index (χ2n) is 6.27. The highest BCUT2D eigenvalue weighted by Crippen LogP contribution is 2.31. The zero-order chi connectivity index (χ0) is 19.7. The van der Waals surface area contributed by atoms with Gasteiger partial charge in [0.15, 0.2) is 16.3 Å². The molecule has 0 spiro atoms. The molecule has 8 heteroatoms. The van der Waals surface area contributed by atoms with Crippen molar-refractivity contribution in [1.82, 2.24) is 4.57 Å². The van der Waals surface area contributed by atoms with E-state index in [0.717, 1.165) is 10.2 Å². The molecule has 2 heterocycles. The fourth-order valence-corrected chi connectivity index (χ4v) is 4.20. The molecular weight excluding hydrogens is 378 g/mol. The maximum absolute atomic E-state index is 12.7. The van der Waals surface area contributed by atoms with E-state index in [1.54, 1.807) is 18.2 Å². The van der Waals surface area contributed by atoms with Crippen molar-refractivity contribution in [2.75, 3.05) is 18.5 Å². The highest BCUT2D eigenvalue weighted by molar-refractivity contribution is 7.16. The van der Waals surface area contributed by atoms with Gasteiger partial charge in [-0.25, -0.2) is 0 Å². The normalized spacial score (nSPS) is 13.6. The topological polar surface area (TPSA) is 81.9 Å². The monoisotopic (exact) mass is 397 g/mol. The molecule has 0 bridgehead atoms. The first-order valence-electron chi connectivity index (χ1n) is 8.95. The minimum Gasteiger partial charge on any atom is -0.486 e. The molecule has 1 N–H and O–H groups in total. The Kier molecular flexibility index (Phi) is 4.87. The molecule has 2 aromatic carbocycles. The van der Waals surface area contributed by atoms with Crippen LogP contribution in [-0.4, -0.2) is 29.6 Å². The predicted octanol–water partition coefficient (Wildman–Crippen LogP) is 3.19. The number of hydrogen-bond donors (Lipinski definition) is 1. The Morgan fingerprint density at radius 1 is 1.14 bits per heavy atom. The Morgan fingerprint density at radius 2 is 1.93 bits per heavy atom. The minimum atomic E-state index is -0.340. The molecule has 28 heavy (non-hydrogen) atoms. The lowest BCUT2D eigenvalue weighted by Crippen LogP contribution is -2.17. The van der Waals surface area contributed by atoms with Crippen LogP contribution in [0.1, 0.15) is 24.2 Å². The van der Waals surface area contributed by atoms with Crippen LogP contribution >= 0.6 is 11.3 Å². The first kappa shape index (κ1) is 18.2. The first-order chi connectivity index (χ1) is 13.5. The molecule has 0 unspecified atom stereocenters. The first-order valence-corrected chi connectivity index (χ1v) is 9.76. The molecule has 0 fully saturated rings. The highest BCUT2D eigenvalue weighted by Gasteiger charge is 2.15. The van der Waals surface area contributed by atoms with Crippen molar-refractivity contribution in [3.05, 3.63) is 46.8 Å². The summed E-state index contributed by atoms with van der Waals surface area (Å²) in [6, 6.07) is 10.7. The lowest BCUT2D eigenvalue weighted by molar-refractivity contribution is -0.114. The van der Waals surface area contributed by atoms with Crippen molar-refractivity contribution in [2.45, 2.75) is 20.4 Å². The minimum absolute atomic E-state index is 0.127. The summed E-state index contributed by atoms with van der Waals surface area (Å²) in [5.41, 5.74) is 2.13. The summed E-state index contributed by atoms with van der Waals surface area (Å²) in [5.74, 6) is 0.733. The number of anilines is 1. The number of nitrogens with zero attached hydrogens (tertiary/aromatic N) is 2. The number of rotatable bonds is 3. The van der Waals surface area contributed by atoms with Crippen LogP contribution in [0.25, 0.3) is 10.2 Å². The number of fused-ring (bicyclic) bond motifs is 2. The van der Waals surface area contributed by atoms with Crippen LogP contribution in [0.4, 0.5) is 5.69 Å².